The van der Waals surface area contributed by atoms with Crippen molar-refractivity contribution < 1.29 is 17.9 Å². The number of guanidine groups is 1. The van der Waals surface area contributed by atoms with Gasteiger partial charge in [-0.3, -0.25) is 0 Å². The molecule has 1 aromatic rings. The zero-order chi connectivity index (χ0) is 17.6. The standard InChI is InChI=1S/C16H25N3O4S/c1-4-17-16(19-12(2)7-8-24(3,20)21)18-10-13-5-6-14-15(9-13)23-11-22-14/h5-6,9,12H,4,7-8,10-11H2,1-3H3,(H2,17,18,19). The number of ether oxygens (including phenoxy) is 2. The first-order valence-corrected chi connectivity index (χ1v) is 10.0. The summed E-state index contributed by atoms with van der Waals surface area (Å²) in [4.78, 5) is 4.54. The van der Waals surface area contributed by atoms with E-state index >= 15 is 0 Å². The number of benzene rings is 1. The van der Waals surface area contributed by atoms with Gasteiger partial charge in [0.05, 0.1) is 12.3 Å². The molecule has 1 aliphatic rings. The molecule has 0 fully saturated rings. The van der Waals surface area contributed by atoms with Crippen LogP contribution in [0.25, 0.3) is 0 Å². The van der Waals surface area contributed by atoms with Gasteiger partial charge in [-0.2, -0.15) is 0 Å². The minimum atomic E-state index is -2.95. The summed E-state index contributed by atoms with van der Waals surface area (Å²) in [7, 11) is -2.95. The van der Waals surface area contributed by atoms with Crippen LogP contribution in [-0.2, 0) is 16.4 Å². The molecule has 0 bridgehead atoms. The summed E-state index contributed by atoms with van der Waals surface area (Å²) in [5.74, 6) is 2.31. The lowest BCUT2D eigenvalue weighted by atomic mass is 10.2. The van der Waals surface area contributed by atoms with Crippen LogP contribution in [0.2, 0.25) is 0 Å². The molecular formula is C16H25N3O4S. The Hall–Kier alpha value is -1.96. The normalized spacial score (nSPS) is 15.2. The largest absolute Gasteiger partial charge is 0.454 e. The van der Waals surface area contributed by atoms with Crippen LogP contribution in [0.1, 0.15) is 25.8 Å². The molecule has 0 saturated carbocycles. The molecule has 0 saturated heterocycles. The molecule has 2 N–H and O–H groups in total. The summed E-state index contributed by atoms with van der Waals surface area (Å²) in [5.41, 5.74) is 1.01. The van der Waals surface area contributed by atoms with Crippen molar-refractivity contribution >= 4 is 15.8 Å². The van der Waals surface area contributed by atoms with Gasteiger partial charge in [-0.25, -0.2) is 13.4 Å². The Morgan fingerprint density at radius 1 is 1.33 bits per heavy atom. The molecule has 0 amide bonds. The van der Waals surface area contributed by atoms with E-state index in [4.69, 9.17) is 9.47 Å². The third kappa shape index (κ3) is 5.92. The van der Waals surface area contributed by atoms with Gasteiger partial charge >= 0.3 is 0 Å². The highest BCUT2D eigenvalue weighted by atomic mass is 32.2. The van der Waals surface area contributed by atoms with E-state index in [0.29, 0.717) is 18.9 Å². The Bertz CT molecular complexity index is 689. The maximum atomic E-state index is 11.3. The molecule has 2 rings (SSSR count). The Labute approximate surface area is 143 Å². The Morgan fingerprint density at radius 2 is 2.08 bits per heavy atom. The van der Waals surface area contributed by atoms with E-state index in [1.54, 1.807) is 0 Å². The fraction of sp³-hybridized carbons (Fsp3) is 0.562. The minimum absolute atomic E-state index is 0.00859. The molecule has 134 valence electrons. The number of hydrogen-bond donors (Lipinski definition) is 2. The fourth-order valence-corrected chi connectivity index (χ4v) is 3.01. The maximum Gasteiger partial charge on any atom is 0.231 e. The first-order chi connectivity index (χ1) is 11.4. The third-order valence-electron chi connectivity index (χ3n) is 3.51. The molecule has 0 radical (unpaired) electrons. The van der Waals surface area contributed by atoms with Crippen LogP contribution in [0.4, 0.5) is 0 Å². The summed E-state index contributed by atoms with van der Waals surface area (Å²) < 4.78 is 33.2. The molecule has 1 aromatic carbocycles. The molecular weight excluding hydrogens is 330 g/mol. The van der Waals surface area contributed by atoms with Crippen molar-refractivity contribution in [2.24, 2.45) is 4.99 Å². The molecule has 0 spiro atoms. The second kappa shape index (κ2) is 8.23. The van der Waals surface area contributed by atoms with E-state index in [1.807, 2.05) is 32.0 Å². The zero-order valence-electron chi connectivity index (χ0n) is 14.3. The molecule has 1 heterocycles. The Kier molecular flexibility index (Phi) is 6.30. The van der Waals surface area contributed by atoms with Gasteiger partial charge in [0, 0.05) is 18.8 Å². The highest BCUT2D eigenvalue weighted by molar-refractivity contribution is 7.90. The topological polar surface area (TPSA) is 89.0 Å². The lowest BCUT2D eigenvalue weighted by Gasteiger charge is -2.17. The van der Waals surface area contributed by atoms with Crippen molar-refractivity contribution in [3.8, 4) is 11.5 Å². The molecule has 7 nitrogen and oxygen atoms in total. The fourth-order valence-electron chi connectivity index (χ4n) is 2.23. The van der Waals surface area contributed by atoms with Gasteiger partial charge < -0.3 is 20.1 Å². The molecule has 1 atom stereocenters. The summed E-state index contributed by atoms with van der Waals surface area (Å²) in [6, 6.07) is 5.76. The smallest absolute Gasteiger partial charge is 0.231 e. The van der Waals surface area contributed by atoms with Crippen molar-refractivity contribution in [3.05, 3.63) is 23.8 Å². The molecule has 24 heavy (non-hydrogen) atoms. The van der Waals surface area contributed by atoms with Crippen LogP contribution in [0.3, 0.4) is 0 Å². The van der Waals surface area contributed by atoms with Crippen molar-refractivity contribution in [1.82, 2.24) is 10.6 Å². The van der Waals surface area contributed by atoms with E-state index in [0.717, 1.165) is 23.6 Å². The minimum Gasteiger partial charge on any atom is -0.454 e. The highest BCUT2D eigenvalue weighted by Gasteiger charge is 2.13. The van der Waals surface area contributed by atoms with Crippen LogP contribution >= 0.6 is 0 Å². The second-order valence-corrected chi connectivity index (χ2v) is 8.11. The maximum absolute atomic E-state index is 11.3. The monoisotopic (exact) mass is 355 g/mol. The van der Waals surface area contributed by atoms with Crippen LogP contribution in [0, 0.1) is 0 Å². The lowest BCUT2D eigenvalue weighted by molar-refractivity contribution is 0.174. The van der Waals surface area contributed by atoms with Crippen molar-refractivity contribution in [1.29, 1.82) is 0 Å². The summed E-state index contributed by atoms with van der Waals surface area (Å²) in [6.07, 6.45) is 1.78. The number of hydrogen-bond acceptors (Lipinski definition) is 5. The van der Waals surface area contributed by atoms with Gasteiger partial charge in [0.15, 0.2) is 17.5 Å². The predicted molar refractivity (Wildman–Crippen MR) is 94.3 cm³/mol. The van der Waals surface area contributed by atoms with Crippen LogP contribution in [0.5, 0.6) is 11.5 Å². The number of nitrogens with zero attached hydrogens (tertiary/aromatic N) is 1. The molecule has 0 aliphatic carbocycles. The van der Waals surface area contributed by atoms with Crippen molar-refractivity contribution in [2.75, 3.05) is 25.3 Å². The van der Waals surface area contributed by atoms with E-state index in [1.165, 1.54) is 6.26 Å². The Morgan fingerprint density at radius 3 is 2.79 bits per heavy atom. The van der Waals surface area contributed by atoms with Gasteiger partial charge in [-0.05, 0) is 38.0 Å². The lowest BCUT2D eigenvalue weighted by Crippen LogP contribution is -2.42. The average molecular weight is 355 g/mol. The van der Waals surface area contributed by atoms with Crippen molar-refractivity contribution in [3.63, 3.8) is 0 Å². The van der Waals surface area contributed by atoms with Crippen LogP contribution in [-0.4, -0.2) is 45.8 Å². The first kappa shape index (κ1) is 18.4. The third-order valence-corrected chi connectivity index (χ3v) is 4.48. The van der Waals surface area contributed by atoms with E-state index in [2.05, 4.69) is 15.6 Å². The van der Waals surface area contributed by atoms with Gasteiger partial charge in [0.25, 0.3) is 0 Å². The van der Waals surface area contributed by atoms with E-state index < -0.39 is 9.84 Å². The molecule has 1 aliphatic heterocycles. The zero-order valence-corrected chi connectivity index (χ0v) is 15.1. The summed E-state index contributed by atoms with van der Waals surface area (Å²) >= 11 is 0. The molecule has 8 heteroatoms. The summed E-state index contributed by atoms with van der Waals surface area (Å²) in [5, 5.41) is 6.40. The van der Waals surface area contributed by atoms with Gasteiger partial charge in [0.2, 0.25) is 6.79 Å². The second-order valence-electron chi connectivity index (χ2n) is 5.85. The number of fused-ring (bicyclic) bond motifs is 1. The highest BCUT2D eigenvalue weighted by Crippen LogP contribution is 2.32. The van der Waals surface area contributed by atoms with E-state index in [-0.39, 0.29) is 18.6 Å². The van der Waals surface area contributed by atoms with Crippen LogP contribution < -0.4 is 20.1 Å². The van der Waals surface area contributed by atoms with Gasteiger partial charge in [-0.15, -0.1) is 0 Å². The van der Waals surface area contributed by atoms with Gasteiger partial charge in [-0.1, -0.05) is 6.07 Å². The first-order valence-electron chi connectivity index (χ1n) is 7.98. The SMILES string of the molecule is CCNC(=NCc1ccc2c(c1)OCO2)NC(C)CCS(C)(=O)=O. The van der Waals surface area contributed by atoms with E-state index in [9.17, 15) is 8.42 Å². The quantitative estimate of drug-likeness (QED) is 0.566. The number of nitrogens with one attached hydrogen (secondary N) is 2. The average Bonchev–Trinajstić information content (AvgIpc) is 2.98. The Balaban J connectivity index is 1.94. The van der Waals surface area contributed by atoms with Crippen molar-refractivity contribution in [2.45, 2.75) is 32.9 Å². The number of rotatable bonds is 7. The summed E-state index contributed by atoms with van der Waals surface area (Å²) in [6.45, 7) is 5.40. The van der Waals surface area contributed by atoms with Crippen LogP contribution in [0.15, 0.2) is 23.2 Å². The molecule has 0 aromatic heterocycles. The predicted octanol–water partition coefficient (Wildman–Crippen LogP) is 1.29. The van der Waals surface area contributed by atoms with Gasteiger partial charge in [0.1, 0.15) is 9.84 Å². The number of aliphatic imine (C=N–C) groups is 1. The molecule has 1 unspecified atom stereocenters. The number of sulfone groups is 1.